The van der Waals surface area contributed by atoms with Gasteiger partial charge in [0.25, 0.3) is 11.8 Å². The van der Waals surface area contributed by atoms with Gasteiger partial charge < -0.3 is 9.47 Å². The monoisotopic (exact) mass is 436 g/mol. The van der Waals surface area contributed by atoms with Crippen molar-refractivity contribution in [2.45, 2.75) is 6.18 Å². The first-order chi connectivity index (χ1) is 14.2. The Kier molecular flexibility index (Phi) is 5.79. The van der Waals surface area contributed by atoms with Crippen molar-refractivity contribution >= 4 is 40.9 Å². The van der Waals surface area contributed by atoms with Crippen LogP contribution in [0.15, 0.2) is 48.0 Å². The van der Waals surface area contributed by atoms with Crippen molar-refractivity contribution in [2.24, 2.45) is 0 Å². The number of nitrogens with one attached hydrogen (secondary N) is 1. The Balaban J connectivity index is 2.02. The van der Waals surface area contributed by atoms with E-state index in [-0.39, 0.29) is 16.4 Å². The molecule has 0 aromatic heterocycles. The van der Waals surface area contributed by atoms with Crippen molar-refractivity contribution in [3.05, 3.63) is 59.2 Å². The average Bonchev–Trinajstić information content (AvgIpc) is 2.70. The SMILES string of the molecule is COc1ccc(/C=C2\C(=O)NC(=S)N(c3cccc(C(F)(F)F)c3)C2=O)cc1OC. The van der Waals surface area contributed by atoms with E-state index in [0.717, 1.165) is 23.1 Å². The van der Waals surface area contributed by atoms with Crippen LogP contribution in [0.25, 0.3) is 6.08 Å². The molecule has 0 saturated carbocycles. The number of rotatable bonds is 4. The zero-order chi connectivity index (χ0) is 22.1. The number of anilines is 1. The lowest BCUT2D eigenvalue weighted by Crippen LogP contribution is -2.54. The number of hydrogen-bond acceptors (Lipinski definition) is 5. The zero-order valence-electron chi connectivity index (χ0n) is 15.7. The quantitative estimate of drug-likeness (QED) is 0.451. The van der Waals surface area contributed by atoms with Gasteiger partial charge >= 0.3 is 6.18 Å². The number of carbonyl (C=O) groups is 2. The summed E-state index contributed by atoms with van der Waals surface area (Å²) in [5.74, 6) is -0.785. The predicted octanol–water partition coefficient (Wildman–Crippen LogP) is 3.55. The Morgan fingerprint density at radius 2 is 1.73 bits per heavy atom. The Morgan fingerprint density at radius 1 is 1.03 bits per heavy atom. The largest absolute Gasteiger partial charge is 0.493 e. The van der Waals surface area contributed by atoms with Crippen LogP contribution in [0, 0.1) is 0 Å². The molecule has 0 atom stereocenters. The zero-order valence-corrected chi connectivity index (χ0v) is 16.6. The summed E-state index contributed by atoms with van der Waals surface area (Å²) in [6.45, 7) is 0. The smallest absolute Gasteiger partial charge is 0.416 e. The van der Waals surface area contributed by atoms with Crippen molar-refractivity contribution in [3.63, 3.8) is 0 Å². The van der Waals surface area contributed by atoms with Gasteiger partial charge in [0.1, 0.15) is 5.57 Å². The van der Waals surface area contributed by atoms with Crippen LogP contribution < -0.4 is 19.7 Å². The van der Waals surface area contributed by atoms with Gasteiger partial charge in [-0.1, -0.05) is 12.1 Å². The molecular weight excluding hydrogens is 421 g/mol. The number of thiocarbonyl (C=S) groups is 1. The molecule has 1 N–H and O–H groups in total. The third-order valence-electron chi connectivity index (χ3n) is 4.25. The molecule has 1 aliphatic heterocycles. The maximum absolute atomic E-state index is 13.0. The fraction of sp³-hybridized carbons (Fsp3) is 0.150. The summed E-state index contributed by atoms with van der Waals surface area (Å²) in [5, 5.41) is 2.02. The molecule has 156 valence electrons. The summed E-state index contributed by atoms with van der Waals surface area (Å²) < 4.78 is 49.5. The molecule has 0 spiro atoms. The first-order valence-corrected chi connectivity index (χ1v) is 8.87. The minimum atomic E-state index is -4.60. The molecular formula is C20H15F3N2O4S. The van der Waals surface area contributed by atoms with Crippen LogP contribution in [0.3, 0.4) is 0 Å². The molecule has 0 aliphatic carbocycles. The first kappa shape index (κ1) is 21.3. The summed E-state index contributed by atoms with van der Waals surface area (Å²) in [6, 6.07) is 8.85. The maximum Gasteiger partial charge on any atom is 0.416 e. The number of hydrogen-bond donors (Lipinski definition) is 1. The van der Waals surface area contributed by atoms with Gasteiger partial charge in [0.05, 0.1) is 25.5 Å². The molecule has 10 heteroatoms. The van der Waals surface area contributed by atoms with Gasteiger partial charge in [-0.2, -0.15) is 13.2 Å². The minimum Gasteiger partial charge on any atom is -0.493 e. The van der Waals surface area contributed by atoms with Crippen molar-refractivity contribution in [1.82, 2.24) is 5.32 Å². The van der Waals surface area contributed by atoms with Crippen molar-refractivity contribution in [2.75, 3.05) is 19.1 Å². The van der Waals surface area contributed by atoms with E-state index < -0.39 is 23.6 Å². The Labute approximate surface area is 174 Å². The molecule has 0 radical (unpaired) electrons. The number of alkyl halides is 3. The summed E-state index contributed by atoms with van der Waals surface area (Å²) in [4.78, 5) is 26.2. The summed E-state index contributed by atoms with van der Waals surface area (Å²) in [6.07, 6.45) is -3.31. The van der Waals surface area contributed by atoms with Crippen molar-refractivity contribution in [1.29, 1.82) is 0 Å². The molecule has 0 bridgehead atoms. The number of nitrogens with zero attached hydrogens (tertiary/aromatic N) is 1. The predicted molar refractivity (Wildman–Crippen MR) is 107 cm³/mol. The molecule has 3 rings (SSSR count). The van der Waals surface area contributed by atoms with E-state index in [0.29, 0.717) is 17.1 Å². The van der Waals surface area contributed by atoms with Gasteiger partial charge in [-0.3, -0.25) is 19.8 Å². The van der Waals surface area contributed by atoms with Crippen molar-refractivity contribution in [3.8, 4) is 11.5 Å². The van der Waals surface area contributed by atoms with Crippen LogP contribution in [0.4, 0.5) is 18.9 Å². The van der Waals surface area contributed by atoms with Gasteiger partial charge in [0.15, 0.2) is 16.6 Å². The van der Waals surface area contributed by atoms with E-state index >= 15 is 0 Å². The molecule has 0 unspecified atom stereocenters. The third-order valence-corrected chi connectivity index (χ3v) is 4.54. The highest BCUT2D eigenvalue weighted by Crippen LogP contribution is 2.33. The summed E-state index contributed by atoms with van der Waals surface area (Å²) >= 11 is 5.02. The highest BCUT2D eigenvalue weighted by atomic mass is 32.1. The number of halogens is 3. The topological polar surface area (TPSA) is 67.9 Å². The highest BCUT2D eigenvalue weighted by molar-refractivity contribution is 7.80. The molecule has 1 aliphatic rings. The molecule has 1 heterocycles. The van der Waals surface area contributed by atoms with Crippen LogP contribution in [0.5, 0.6) is 11.5 Å². The first-order valence-electron chi connectivity index (χ1n) is 8.46. The molecule has 2 aromatic carbocycles. The van der Waals surface area contributed by atoms with Gasteiger partial charge in [-0.15, -0.1) is 0 Å². The second kappa shape index (κ2) is 8.15. The number of benzene rings is 2. The average molecular weight is 436 g/mol. The van der Waals surface area contributed by atoms with E-state index in [2.05, 4.69) is 5.32 Å². The van der Waals surface area contributed by atoms with E-state index in [1.54, 1.807) is 18.2 Å². The highest BCUT2D eigenvalue weighted by Gasteiger charge is 2.36. The molecule has 1 saturated heterocycles. The van der Waals surface area contributed by atoms with Gasteiger partial charge in [-0.05, 0) is 54.2 Å². The van der Waals surface area contributed by atoms with E-state index in [1.165, 1.54) is 26.4 Å². The summed E-state index contributed by atoms with van der Waals surface area (Å²) in [5.41, 5.74) is -0.910. The standard InChI is InChI=1S/C20H15F3N2O4S/c1-28-15-7-6-11(9-16(15)29-2)8-14-17(26)24-19(30)25(18(14)27)13-5-3-4-12(10-13)20(21,22)23/h3-10H,1-2H3,(H,24,26,30)/b14-8+. The van der Waals surface area contributed by atoms with E-state index in [9.17, 15) is 22.8 Å². The lowest BCUT2D eigenvalue weighted by atomic mass is 10.1. The molecule has 6 nitrogen and oxygen atoms in total. The molecule has 1 fully saturated rings. The van der Waals surface area contributed by atoms with Gasteiger partial charge in [-0.25, -0.2) is 0 Å². The molecule has 2 aromatic rings. The lowest BCUT2D eigenvalue weighted by molar-refractivity contribution is -0.137. The summed E-state index contributed by atoms with van der Waals surface area (Å²) in [7, 11) is 2.89. The number of carbonyl (C=O) groups excluding carboxylic acids is 2. The minimum absolute atomic E-state index is 0.113. The van der Waals surface area contributed by atoms with Crippen molar-refractivity contribution < 1.29 is 32.2 Å². The number of methoxy groups -OCH3 is 2. The Bertz CT molecular complexity index is 1070. The number of amides is 2. The lowest BCUT2D eigenvalue weighted by Gasteiger charge is -2.29. The second-order valence-electron chi connectivity index (χ2n) is 6.12. The molecule has 30 heavy (non-hydrogen) atoms. The Hall–Kier alpha value is -3.40. The fourth-order valence-electron chi connectivity index (χ4n) is 2.82. The normalized spacial score (nSPS) is 16.0. The van der Waals surface area contributed by atoms with Crippen LogP contribution in [0.2, 0.25) is 0 Å². The number of ether oxygens (including phenoxy) is 2. The van der Waals surface area contributed by atoms with Crippen LogP contribution in [0.1, 0.15) is 11.1 Å². The van der Waals surface area contributed by atoms with E-state index in [1.807, 2.05) is 0 Å². The maximum atomic E-state index is 13.0. The van der Waals surface area contributed by atoms with Crippen LogP contribution in [-0.2, 0) is 15.8 Å². The molecule has 2 amide bonds. The van der Waals surface area contributed by atoms with Crippen LogP contribution in [-0.4, -0.2) is 31.1 Å². The van der Waals surface area contributed by atoms with E-state index in [4.69, 9.17) is 21.7 Å². The van der Waals surface area contributed by atoms with Gasteiger partial charge in [0, 0.05) is 0 Å². The second-order valence-corrected chi connectivity index (χ2v) is 6.51. The fourth-order valence-corrected chi connectivity index (χ4v) is 3.10. The third kappa shape index (κ3) is 4.13. The van der Waals surface area contributed by atoms with Crippen LogP contribution >= 0.6 is 12.2 Å². The van der Waals surface area contributed by atoms with Gasteiger partial charge in [0.2, 0.25) is 0 Å². The Morgan fingerprint density at radius 3 is 2.37 bits per heavy atom.